The fourth-order valence-corrected chi connectivity index (χ4v) is 2.95. The van der Waals surface area contributed by atoms with Crippen molar-refractivity contribution in [2.75, 3.05) is 6.54 Å². The third kappa shape index (κ3) is 4.00. The normalized spacial score (nSPS) is 30.4. The van der Waals surface area contributed by atoms with Gasteiger partial charge in [-0.15, -0.1) is 0 Å². The van der Waals surface area contributed by atoms with E-state index < -0.39 is 0 Å². The Balaban J connectivity index is 2.43. The molecule has 0 aromatic carbocycles. The summed E-state index contributed by atoms with van der Waals surface area (Å²) in [6, 6.07) is 0. The van der Waals surface area contributed by atoms with Gasteiger partial charge in [-0.05, 0) is 24.8 Å². The van der Waals surface area contributed by atoms with Crippen LogP contribution in [0.25, 0.3) is 0 Å². The number of hydrogen-bond acceptors (Lipinski definition) is 1. The molecule has 84 valence electrons. The van der Waals surface area contributed by atoms with E-state index in [1.807, 2.05) is 0 Å². The summed E-state index contributed by atoms with van der Waals surface area (Å²) in [7, 11) is 0. The summed E-state index contributed by atoms with van der Waals surface area (Å²) in [5, 5.41) is 0. The number of rotatable bonds is 3. The molecule has 0 aromatic heterocycles. The van der Waals surface area contributed by atoms with E-state index in [-0.39, 0.29) is 0 Å². The molecule has 0 heterocycles. The van der Waals surface area contributed by atoms with Crippen molar-refractivity contribution in [3.63, 3.8) is 0 Å². The Labute approximate surface area is 89.5 Å². The SMILES string of the molecule is CCC1CCCCCCCC1CCN. The zero-order valence-corrected chi connectivity index (χ0v) is 9.80. The highest BCUT2D eigenvalue weighted by molar-refractivity contribution is 4.71. The van der Waals surface area contributed by atoms with Crippen LogP contribution in [0.1, 0.15) is 64.7 Å². The summed E-state index contributed by atoms with van der Waals surface area (Å²) in [6.45, 7) is 3.24. The molecule has 14 heavy (non-hydrogen) atoms. The van der Waals surface area contributed by atoms with E-state index in [0.717, 1.165) is 18.4 Å². The second kappa shape index (κ2) is 7.28. The average molecular weight is 197 g/mol. The molecule has 0 amide bonds. The monoisotopic (exact) mass is 197 g/mol. The molecule has 1 aliphatic carbocycles. The molecule has 1 nitrogen and oxygen atoms in total. The van der Waals surface area contributed by atoms with Crippen LogP contribution in [-0.2, 0) is 0 Å². The van der Waals surface area contributed by atoms with Crippen LogP contribution in [0.15, 0.2) is 0 Å². The molecule has 2 atom stereocenters. The van der Waals surface area contributed by atoms with Crippen molar-refractivity contribution in [3.05, 3.63) is 0 Å². The van der Waals surface area contributed by atoms with Crippen LogP contribution < -0.4 is 5.73 Å². The molecule has 0 bridgehead atoms. The lowest BCUT2D eigenvalue weighted by molar-refractivity contribution is 0.269. The first kappa shape index (κ1) is 12.0. The van der Waals surface area contributed by atoms with Gasteiger partial charge in [-0.2, -0.15) is 0 Å². The lowest BCUT2D eigenvalue weighted by Gasteiger charge is -2.25. The maximum Gasteiger partial charge on any atom is -0.00745 e. The molecule has 0 spiro atoms. The van der Waals surface area contributed by atoms with E-state index in [2.05, 4.69) is 6.92 Å². The Morgan fingerprint density at radius 2 is 1.50 bits per heavy atom. The highest BCUT2D eigenvalue weighted by atomic mass is 14.5. The lowest BCUT2D eigenvalue weighted by Crippen LogP contribution is -2.18. The van der Waals surface area contributed by atoms with Crippen LogP contribution in [0.4, 0.5) is 0 Å². The van der Waals surface area contributed by atoms with E-state index in [4.69, 9.17) is 5.73 Å². The van der Waals surface area contributed by atoms with Crippen molar-refractivity contribution in [2.45, 2.75) is 64.7 Å². The van der Waals surface area contributed by atoms with Crippen molar-refractivity contribution in [2.24, 2.45) is 17.6 Å². The molecule has 2 unspecified atom stereocenters. The summed E-state index contributed by atoms with van der Waals surface area (Å²) < 4.78 is 0. The van der Waals surface area contributed by atoms with Crippen LogP contribution in [0.3, 0.4) is 0 Å². The Hall–Kier alpha value is -0.0400. The standard InChI is InChI=1S/C13H27N/c1-2-12-8-6-4-3-5-7-9-13(12)10-11-14/h12-13H,2-11,14H2,1H3. The molecule has 1 aliphatic rings. The molecular weight excluding hydrogens is 170 g/mol. The Morgan fingerprint density at radius 3 is 2.07 bits per heavy atom. The minimum absolute atomic E-state index is 0.890. The van der Waals surface area contributed by atoms with E-state index in [1.54, 1.807) is 0 Å². The van der Waals surface area contributed by atoms with Gasteiger partial charge in [-0.1, -0.05) is 58.3 Å². The van der Waals surface area contributed by atoms with Crippen molar-refractivity contribution >= 4 is 0 Å². The highest BCUT2D eigenvalue weighted by Crippen LogP contribution is 2.31. The largest absolute Gasteiger partial charge is 0.330 e. The minimum Gasteiger partial charge on any atom is -0.330 e. The van der Waals surface area contributed by atoms with Crippen molar-refractivity contribution in [1.29, 1.82) is 0 Å². The first-order valence-corrected chi connectivity index (χ1v) is 6.58. The highest BCUT2D eigenvalue weighted by Gasteiger charge is 2.19. The predicted molar refractivity (Wildman–Crippen MR) is 63.3 cm³/mol. The Kier molecular flexibility index (Phi) is 6.25. The number of nitrogens with two attached hydrogens (primary N) is 1. The smallest absolute Gasteiger partial charge is 0.00745 e. The van der Waals surface area contributed by atoms with Gasteiger partial charge in [0.15, 0.2) is 0 Å². The second-order valence-corrected chi connectivity index (χ2v) is 4.85. The van der Waals surface area contributed by atoms with E-state index in [0.29, 0.717) is 0 Å². The van der Waals surface area contributed by atoms with E-state index >= 15 is 0 Å². The molecule has 1 rings (SSSR count). The minimum atomic E-state index is 0.890. The molecule has 0 radical (unpaired) electrons. The van der Waals surface area contributed by atoms with Gasteiger partial charge in [0.05, 0.1) is 0 Å². The van der Waals surface area contributed by atoms with Crippen molar-refractivity contribution < 1.29 is 0 Å². The molecule has 0 aromatic rings. The molecule has 2 N–H and O–H groups in total. The molecule has 0 aliphatic heterocycles. The first-order chi connectivity index (χ1) is 6.88. The van der Waals surface area contributed by atoms with Gasteiger partial charge in [0.25, 0.3) is 0 Å². The average Bonchev–Trinajstić information content (AvgIpc) is 2.30. The number of hydrogen-bond donors (Lipinski definition) is 1. The Morgan fingerprint density at radius 1 is 0.929 bits per heavy atom. The lowest BCUT2D eigenvalue weighted by atomic mass is 9.81. The summed E-state index contributed by atoms with van der Waals surface area (Å²) in [6.07, 6.45) is 12.8. The van der Waals surface area contributed by atoms with Gasteiger partial charge in [0, 0.05) is 0 Å². The molecular formula is C13H27N. The third-order valence-electron chi connectivity index (χ3n) is 3.88. The maximum absolute atomic E-state index is 5.71. The van der Waals surface area contributed by atoms with E-state index in [1.165, 1.54) is 57.8 Å². The maximum atomic E-state index is 5.71. The summed E-state index contributed by atoms with van der Waals surface area (Å²) in [5.74, 6) is 1.90. The van der Waals surface area contributed by atoms with E-state index in [9.17, 15) is 0 Å². The summed E-state index contributed by atoms with van der Waals surface area (Å²) in [5.41, 5.74) is 5.71. The molecule has 1 saturated carbocycles. The van der Waals surface area contributed by atoms with Crippen LogP contribution in [-0.4, -0.2) is 6.54 Å². The summed E-state index contributed by atoms with van der Waals surface area (Å²) >= 11 is 0. The fraction of sp³-hybridized carbons (Fsp3) is 1.00. The fourth-order valence-electron chi connectivity index (χ4n) is 2.95. The topological polar surface area (TPSA) is 26.0 Å². The zero-order valence-electron chi connectivity index (χ0n) is 9.80. The second-order valence-electron chi connectivity index (χ2n) is 4.85. The van der Waals surface area contributed by atoms with Crippen molar-refractivity contribution in [1.82, 2.24) is 0 Å². The van der Waals surface area contributed by atoms with Crippen LogP contribution in [0.2, 0.25) is 0 Å². The van der Waals surface area contributed by atoms with Gasteiger partial charge in [0.2, 0.25) is 0 Å². The first-order valence-electron chi connectivity index (χ1n) is 6.58. The zero-order chi connectivity index (χ0) is 10.2. The van der Waals surface area contributed by atoms with Gasteiger partial charge >= 0.3 is 0 Å². The molecule has 0 saturated heterocycles. The molecule has 1 fully saturated rings. The quantitative estimate of drug-likeness (QED) is 0.733. The van der Waals surface area contributed by atoms with Crippen LogP contribution in [0, 0.1) is 11.8 Å². The Bertz CT molecular complexity index is 133. The predicted octanol–water partition coefficient (Wildman–Crippen LogP) is 3.72. The summed E-state index contributed by atoms with van der Waals surface area (Å²) in [4.78, 5) is 0. The third-order valence-corrected chi connectivity index (χ3v) is 3.88. The van der Waals surface area contributed by atoms with Crippen LogP contribution in [0.5, 0.6) is 0 Å². The van der Waals surface area contributed by atoms with Crippen LogP contribution >= 0.6 is 0 Å². The van der Waals surface area contributed by atoms with Gasteiger partial charge in [-0.25, -0.2) is 0 Å². The van der Waals surface area contributed by atoms with Gasteiger partial charge in [-0.3, -0.25) is 0 Å². The van der Waals surface area contributed by atoms with Gasteiger partial charge < -0.3 is 5.73 Å². The van der Waals surface area contributed by atoms with Crippen molar-refractivity contribution in [3.8, 4) is 0 Å². The van der Waals surface area contributed by atoms with Gasteiger partial charge in [0.1, 0.15) is 0 Å². The molecule has 1 heteroatoms.